The highest BCUT2D eigenvalue weighted by Crippen LogP contribution is 2.42. The van der Waals surface area contributed by atoms with Crippen molar-refractivity contribution in [3.63, 3.8) is 0 Å². The van der Waals surface area contributed by atoms with E-state index >= 15 is 0 Å². The summed E-state index contributed by atoms with van der Waals surface area (Å²) < 4.78 is 4.93. The van der Waals surface area contributed by atoms with Gasteiger partial charge in [0.05, 0.1) is 16.7 Å². The molecular weight excluding hydrogens is 773 g/mol. The maximum absolute atomic E-state index is 5.33. The van der Waals surface area contributed by atoms with Gasteiger partial charge in [0.25, 0.3) is 0 Å². The fourth-order valence-corrected chi connectivity index (χ4v) is 10.6. The Morgan fingerprint density at radius 2 is 0.952 bits per heavy atom. The molecule has 288 valence electrons. The predicted molar refractivity (Wildman–Crippen MR) is 261 cm³/mol. The highest BCUT2D eigenvalue weighted by atomic mass is 32.1. The molecule has 0 unspecified atom stereocenters. The summed E-state index contributed by atoms with van der Waals surface area (Å²) in [6.45, 7) is 0. The molecule has 0 bridgehead atoms. The van der Waals surface area contributed by atoms with Crippen LogP contribution in [0, 0.1) is 0 Å². The van der Waals surface area contributed by atoms with Gasteiger partial charge in [0, 0.05) is 53.0 Å². The van der Waals surface area contributed by atoms with E-state index in [1.165, 1.54) is 63.6 Å². The largest absolute Gasteiger partial charge is 0.309 e. The SMILES string of the molecule is c1ccc(-c2nc(-c3ccc4c(c3)sc3ccccc34)nc(-c3ccc(-n4c5ccccc5c5cc6ccccc6cc54)c4cc(-c5cccc6ccccc56)ccc34)n2)cc1. The van der Waals surface area contributed by atoms with Crippen LogP contribution in [0.3, 0.4) is 0 Å². The summed E-state index contributed by atoms with van der Waals surface area (Å²) in [7, 11) is 0. The first kappa shape index (κ1) is 34.8. The van der Waals surface area contributed by atoms with Gasteiger partial charge in [-0.1, -0.05) is 158 Å². The van der Waals surface area contributed by atoms with Gasteiger partial charge in [0.1, 0.15) is 0 Å². The lowest BCUT2D eigenvalue weighted by molar-refractivity contribution is 1.08. The number of hydrogen-bond acceptors (Lipinski definition) is 4. The molecule has 0 saturated heterocycles. The molecule has 0 fully saturated rings. The zero-order valence-electron chi connectivity index (χ0n) is 33.3. The topological polar surface area (TPSA) is 43.6 Å². The fraction of sp³-hybridized carbons (Fsp3) is 0. The van der Waals surface area contributed by atoms with E-state index in [2.05, 4.69) is 193 Å². The minimum absolute atomic E-state index is 0.632. The maximum atomic E-state index is 5.33. The molecule has 13 rings (SSSR count). The maximum Gasteiger partial charge on any atom is 0.164 e. The number of thiophene rings is 1. The quantitative estimate of drug-likeness (QED) is 0.174. The van der Waals surface area contributed by atoms with Gasteiger partial charge in [-0.2, -0.15) is 0 Å². The summed E-state index contributed by atoms with van der Waals surface area (Å²) in [5.41, 5.74) is 8.62. The molecule has 0 amide bonds. The summed E-state index contributed by atoms with van der Waals surface area (Å²) in [6.07, 6.45) is 0. The molecular formula is C57H34N4S. The van der Waals surface area contributed by atoms with Gasteiger partial charge in [-0.15, -0.1) is 11.3 Å². The number of hydrogen-bond donors (Lipinski definition) is 0. The van der Waals surface area contributed by atoms with E-state index in [-0.39, 0.29) is 0 Å². The lowest BCUT2D eigenvalue weighted by Crippen LogP contribution is -2.02. The summed E-state index contributed by atoms with van der Waals surface area (Å²) in [6, 6.07) is 74.1. The molecule has 5 heteroatoms. The summed E-state index contributed by atoms with van der Waals surface area (Å²) in [4.78, 5) is 15.8. The summed E-state index contributed by atoms with van der Waals surface area (Å²) in [5, 5.41) is 12.0. The van der Waals surface area contributed by atoms with Gasteiger partial charge in [0.15, 0.2) is 17.5 Å². The molecule has 3 aromatic heterocycles. The fourth-order valence-electron chi connectivity index (χ4n) is 9.49. The molecule has 0 atom stereocenters. The third-order valence-electron chi connectivity index (χ3n) is 12.4. The Kier molecular flexibility index (Phi) is 7.74. The van der Waals surface area contributed by atoms with Gasteiger partial charge >= 0.3 is 0 Å². The zero-order valence-corrected chi connectivity index (χ0v) is 34.1. The van der Waals surface area contributed by atoms with Crippen LogP contribution in [0.4, 0.5) is 0 Å². The van der Waals surface area contributed by atoms with Crippen molar-refractivity contribution in [1.29, 1.82) is 0 Å². The molecule has 0 radical (unpaired) electrons. The van der Waals surface area contributed by atoms with Crippen molar-refractivity contribution in [2.24, 2.45) is 0 Å². The van der Waals surface area contributed by atoms with Gasteiger partial charge in [-0.25, -0.2) is 15.0 Å². The van der Waals surface area contributed by atoms with E-state index in [9.17, 15) is 0 Å². The first-order valence-electron chi connectivity index (χ1n) is 20.9. The molecule has 0 spiro atoms. The monoisotopic (exact) mass is 806 g/mol. The van der Waals surface area contributed by atoms with Crippen molar-refractivity contribution in [1.82, 2.24) is 19.5 Å². The molecule has 0 aliphatic heterocycles. The Labute approximate surface area is 360 Å². The third kappa shape index (κ3) is 5.49. The average Bonchev–Trinajstić information content (AvgIpc) is 3.87. The van der Waals surface area contributed by atoms with E-state index in [1.54, 1.807) is 11.3 Å². The number of para-hydroxylation sites is 1. The number of aromatic nitrogens is 4. The molecule has 0 aliphatic carbocycles. The minimum Gasteiger partial charge on any atom is -0.309 e. The second kappa shape index (κ2) is 13.8. The lowest BCUT2D eigenvalue weighted by Gasteiger charge is -2.17. The van der Waals surface area contributed by atoms with Crippen LogP contribution in [0.5, 0.6) is 0 Å². The summed E-state index contributed by atoms with van der Waals surface area (Å²) in [5.74, 6) is 1.92. The summed E-state index contributed by atoms with van der Waals surface area (Å²) >= 11 is 1.80. The molecule has 3 heterocycles. The van der Waals surface area contributed by atoms with Gasteiger partial charge in [0.2, 0.25) is 0 Å². The Morgan fingerprint density at radius 3 is 1.82 bits per heavy atom. The van der Waals surface area contributed by atoms with Crippen molar-refractivity contribution in [2.75, 3.05) is 0 Å². The van der Waals surface area contributed by atoms with Gasteiger partial charge in [-0.05, 0) is 86.6 Å². The molecule has 13 aromatic rings. The van der Waals surface area contributed by atoms with Gasteiger partial charge in [-0.3, -0.25) is 0 Å². The van der Waals surface area contributed by atoms with Crippen LogP contribution in [-0.4, -0.2) is 19.5 Å². The second-order valence-electron chi connectivity index (χ2n) is 16.0. The van der Waals surface area contributed by atoms with Crippen molar-refractivity contribution in [3.8, 4) is 51.0 Å². The van der Waals surface area contributed by atoms with Crippen LogP contribution in [-0.2, 0) is 0 Å². The van der Waals surface area contributed by atoms with E-state index in [0.29, 0.717) is 17.5 Å². The Hall–Kier alpha value is -7.99. The highest BCUT2D eigenvalue weighted by Gasteiger charge is 2.21. The van der Waals surface area contributed by atoms with Gasteiger partial charge < -0.3 is 4.57 Å². The molecule has 10 aromatic carbocycles. The minimum atomic E-state index is 0.632. The molecule has 0 aliphatic rings. The van der Waals surface area contributed by atoms with Crippen molar-refractivity contribution in [3.05, 3.63) is 206 Å². The van der Waals surface area contributed by atoms with E-state index in [1.807, 2.05) is 18.2 Å². The molecule has 62 heavy (non-hydrogen) atoms. The normalized spacial score (nSPS) is 11.9. The van der Waals surface area contributed by atoms with Crippen molar-refractivity contribution >= 4 is 85.6 Å². The van der Waals surface area contributed by atoms with E-state index in [0.717, 1.165) is 44.2 Å². The first-order chi connectivity index (χ1) is 30.7. The van der Waals surface area contributed by atoms with E-state index < -0.39 is 0 Å². The van der Waals surface area contributed by atoms with E-state index in [4.69, 9.17) is 15.0 Å². The third-order valence-corrected chi connectivity index (χ3v) is 13.6. The average molecular weight is 807 g/mol. The van der Waals surface area contributed by atoms with Crippen LogP contribution in [0.1, 0.15) is 0 Å². The molecule has 0 saturated carbocycles. The Morgan fingerprint density at radius 1 is 0.306 bits per heavy atom. The molecule has 4 nitrogen and oxygen atoms in total. The van der Waals surface area contributed by atoms with Crippen molar-refractivity contribution < 1.29 is 0 Å². The highest BCUT2D eigenvalue weighted by molar-refractivity contribution is 7.25. The number of rotatable bonds is 5. The smallest absolute Gasteiger partial charge is 0.164 e. The van der Waals surface area contributed by atoms with Crippen LogP contribution in [0.15, 0.2) is 206 Å². The standard InChI is InChI=1S/C57H34N4S/c1-2-14-36(15-3-1)55-58-56(40-26-28-46-45-21-9-11-24-53(45)62-54(46)34-40)60-57(59-55)47-29-30-51(48-32-39(25-27-43(47)48)42-22-12-18-35-13-6-7-19-41(35)42)61-50-23-10-8-20-44(50)49-31-37-16-4-5-17-38(37)33-52(49)61/h1-34H. The van der Waals surface area contributed by atoms with Crippen LogP contribution in [0.25, 0.3) is 125 Å². The zero-order chi connectivity index (χ0) is 40.7. The Bertz CT molecular complexity index is 3930. The first-order valence-corrected chi connectivity index (χ1v) is 21.7. The molecule has 0 N–H and O–H groups in total. The van der Waals surface area contributed by atoms with Crippen LogP contribution >= 0.6 is 11.3 Å². The van der Waals surface area contributed by atoms with Crippen LogP contribution < -0.4 is 0 Å². The Balaban J connectivity index is 1.09. The number of benzene rings is 10. The van der Waals surface area contributed by atoms with Crippen molar-refractivity contribution in [2.45, 2.75) is 0 Å². The number of fused-ring (bicyclic) bond motifs is 9. The number of nitrogens with zero attached hydrogens (tertiary/aromatic N) is 4. The second-order valence-corrected chi connectivity index (χ2v) is 17.1. The lowest BCUT2D eigenvalue weighted by atomic mass is 9.94. The predicted octanol–water partition coefficient (Wildman–Crippen LogP) is 15.5. The van der Waals surface area contributed by atoms with Crippen LogP contribution in [0.2, 0.25) is 0 Å².